The van der Waals surface area contributed by atoms with Crippen LogP contribution >= 0.6 is 0 Å². The molecule has 0 radical (unpaired) electrons. The van der Waals surface area contributed by atoms with Crippen molar-refractivity contribution in [2.24, 2.45) is 11.7 Å². The number of nitrogens with two attached hydrogens (primary N) is 1. The molecule has 108 valence electrons. The highest BCUT2D eigenvalue weighted by Crippen LogP contribution is 2.24. The van der Waals surface area contributed by atoms with Crippen LogP contribution in [0.1, 0.15) is 35.7 Å². The SMILES string of the molecule is Cc1cc(F)ccc1C(=O)N1CC(C(N)=O)CCC1C. The second-order valence-electron chi connectivity index (χ2n) is 5.44. The summed E-state index contributed by atoms with van der Waals surface area (Å²) < 4.78 is 13.1. The molecule has 2 atom stereocenters. The molecule has 0 spiro atoms. The zero-order valence-corrected chi connectivity index (χ0v) is 11.7. The monoisotopic (exact) mass is 278 g/mol. The van der Waals surface area contributed by atoms with Crippen LogP contribution in [0.25, 0.3) is 0 Å². The van der Waals surface area contributed by atoms with Crippen LogP contribution in [0.2, 0.25) is 0 Å². The van der Waals surface area contributed by atoms with Gasteiger partial charge in [0.1, 0.15) is 5.82 Å². The van der Waals surface area contributed by atoms with E-state index in [2.05, 4.69) is 0 Å². The molecule has 0 aromatic heterocycles. The molecule has 5 heteroatoms. The van der Waals surface area contributed by atoms with Gasteiger partial charge in [-0.1, -0.05) is 0 Å². The second-order valence-corrected chi connectivity index (χ2v) is 5.44. The maximum absolute atomic E-state index is 13.1. The lowest BCUT2D eigenvalue weighted by Gasteiger charge is -2.37. The predicted molar refractivity (Wildman–Crippen MR) is 73.6 cm³/mol. The van der Waals surface area contributed by atoms with Gasteiger partial charge in [0.15, 0.2) is 0 Å². The van der Waals surface area contributed by atoms with E-state index in [1.54, 1.807) is 11.8 Å². The first kappa shape index (κ1) is 14.5. The maximum Gasteiger partial charge on any atom is 0.254 e. The van der Waals surface area contributed by atoms with E-state index in [0.717, 1.165) is 6.42 Å². The van der Waals surface area contributed by atoms with E-state index in [4.69, 9.17) is 5.73 Å². The topological polar surface area (TPSA) is 63.4 Å². The van der Waals surface area contributed by atoms with Gasteiger partial charge in [0.2, 0.25) is 5.91 Å². The van der Waals surface area contributed by atoms with Crippen LogP contribution in [0.15, 0.2) is 18.2 Å². The molecule has 2 amide bonds. The molecular formula is C15H19FN2O2. The number of carbonyl (C=O) groups is 2. The van der Waals surface area contributed by atoms with Crippen molar-refractivity contribution in [2.75, 3.05) is 6.54 Å². The average Bonchev–Trinajstić information content (AvgIpc) is 2.38. The second kappa shape index (κ2) is 5.61. The Bertz CT molecular complexity index is 545. The van der Waals surface area contributed by atoms with Crippen LogP contribution in [0.3, 0.4) is 0 Å². The highest BCUT2D eigenvalue weighted by Gasteiger charge is 2.32. The molecule has 2 rings (SSSR count). The maximum atomic E-state index is 13.1. The molecule has 1 aliphatic rings. The molecule has 0 saturated carbocycles. The summed E-state index contributed by atoms with van der Waals surface area (Å²) >= 11 is 0. The summed E-state index contributed by atoms with van der Waals surface area (Å²) in [6.45, 7) is 4.00. The number of piperidine rings is 1. The summed E-state index contributed by atoms with van der Waals surface area (Å²) in [6.07, 6.45) is 1.46. The molecular weight excluding hydrogens is 259 g/mol. The van der Waals surface area contributed by atoms with Gasteiger partial charge in [-0.05, 0) is 50.5 Å². The highest BCUT2D eigenvalue weighted by atomic mass is 19.1. The third kappa shape index (κ3) is 2.81. The lowest BCUT2D eigenvalue weighted by atomic mass is 9.92. The fourth-order valence-electron chi connectivity index (χ4n) is 2.64. The van der Waals surface area contributed by atoms with Crippen LogP contribution in [-0.4, -0.2) is 29.3 Å². The largest absolute Gasteiger partial charge is 0.369 e. The summed E-state index contributed by atoms with van der Waals surface area (Å²) in [5.41, 5.74) is 6.41. The van der Waals surface area contributed by atoms with Crippen molar-refractivity contribution in [3.8, 4) is 0 Å². The predicted octanol–water partition coefficient (Wildman–Crippen LogP) is 1.86. The molecule has 1 saturated heterocycles. The number of benzene rings is 1. The van der Waals surface area contributed by atoms with E-state index in [1.165, 1.54) is 18.2 Å². The molecule has 0 aliphatic carbocycles. The zero-order chi connectivity index (χ0) is 14.9. The lowest BCUT2D eigenvalue weighted by Crippen LogP contribution is -2.48. The Balaban J connectivity index is 2.24. The molecule has 1 aromatic carbocycles. The van der Waals surface area contributed by atoms with Crippen LogP contribution in [0.4, 0.5) is 4.39 Å². The van der Waals surface area contributed by atoms with Gasteiger partial charge in [-0.25, -0.2) is 4.39 Å². The van der Waals surface area contributed by atoms with Crippen molar-refractivity contribution in [1.82, 2.24) is 4.90 Å². The van der Waals surface area contributed by atoms with Crippen molar-refractivity contribution in [3.05, 3.63) is 35.1 Å². The first-order chi connectivity index (χ1) is 9.40. The molecule has 1 aromatic rings. The van der Waals surface area contributed by atoms with E-state index in [1.807, 2.05) is 6.92 Å². The van der Waals surface area contributed by atoms with Gasteiger partial charge in [0.05, 0.1) is 5.92 Å². The minimum absolute atomic E-state index is 0.0579. The first-order valence-corrected chi connectivity index (χ1v) is 6.76. The van der Waals surface area contributed by atoms with Gasteiger partial charge >= 0.3 is 0 Å². The average molecular weight is 278 g/mol. The number of halogens is 1. The molecule has 0 bridgehead atoms. The Hall–Kier alpha value is -1.91. The Labute approximate surface area is 117 Å². The summed E-state index contributed by atoms with van der Waals surface area (Å²) in [7, 11) is 0. The van der Waals surface area contributed by atoms with E-state index >= 15 is 0 Å². The molecule has 20 heavy (non-hydrogen) atoms. The molecule has 2 N–H and O–H groups in total. The summed E-state index contributed by atoms with van der Waals surface area (Å²) in [5.74, 6) is -1.19. The van der Waals surface area contributed by atoms with Crippen LogP contribution in [-0.2, 0) is 4.79 Å². The van der Waals surface area contributed by atoms with Crippen molar-refractivity contribution in [1.29, 1.82) is 0 Å². The van der Waals surface area contributed by atoms with Gasteiger partial charge in [-0.3, -0.25) is 9.59 Å². The van der Waals surface area contributed by atoms with Gasteiger partial charge in [0, 0.05) is 18.2 Å². The Kier molecular flexibility index (Phi) is 4.06. The first-order valence-electron chi connectivity index (χ1n) is 6.76. The minimum Gasteiger partial charge on any atom is -0.369 e. The fraction of sp³-hybridized carbons (Fsp3) is 0.467. The van der Waals surface area contributed by atoms with Gasteiger partial charge in [0.25, 0.3) is 5.91 Å². The molecule has 2 unspecified atom stereocenters. The van der Waals surface area contributed by atoms with Crippen molar-refractivity contribution in [3.63, 3.8) is 0 Å². The van der Waals surface area contributed by atoms with E-state index < -0.39 is 0 Å². The highest BCUT2D eigenvalue weighted by molar-refractivity contribution is 5.96. The number of carbonyl (C=O) groups excluding carboxylic acids is 2. The van der Waals surface area contributed by atoms with E-state index in [0.29, 0.717) is 24.1 Å². The molecule has 1 aliphatic heterocycles. The normalized spacial score (nSPS) is 22.6. The number of rotatable bonds is 2. The minimum atomic E-state index is -0.370. The van der Waals surface area contributed by atoms with Crippen LogP contribution in [0, 0.1) is 18.7 Å². The van der Waals surface area contributed by atoms with E-state index in [-0.39, 0.29) is 29.6 Å². The van der Waals surface area contributed by atoms with Gasteiger partial charge in [-0.2, -0.15) is 0 Å². The molecule has 4 nitrogen and oxygen atoms in total. The lowest BCUT2D eigenvalue weighted by molar-refractivity contribution is -0.123. The smallest absolute Gasteiger partial charge is 0.254 e. The number of likely N-dealkylation sites (tertiary alicyclic amines) is 1. The van der Waals surface area contributed by atoms with Crippen LogP contribution in [0.5, 0.6) is 0 Å². The number of hydrogen-bond acceptors (Lipinski definition) is 2. The number of hydrogen-bond donors (Lipinski definition) is 1. The van der Waals surface area contributed by atoms with Crippen molar-refractivity contribution < 1.29 is 14.0 Å². The standard InChI is InChI=1S/C15H19FN2O2/c1-9-7-12(16)5-6-13(9)15(20)18-8-11(14(17)19)4-3-10(18)2/h5-7,10-11H,3-4,8H2,1-2H3,(H2,17,19). The van der Waals surface area contributed by atoms with Crippen molar-refractivity contribution >= 4 is 11.8 Å². The number of amides is 2. The quantitative estimate of drug-likeness (QED) is 0.897. The number of nitrogens with zero attached hydrogens (tertiary/aromatic N) is 1. The zero-order valence-electron chi connectivity index (χ0n) is 11.7. The van der Waals surface area contributed by atoms with E-state index in [9.17, 15) is 14.0 Å². The summed E-state index contributed by atoms with van der Waals surface area (Å²) in [5, 5.41) is 0. The van der Waals surface area contributed by atoms with Gasteiger partial charge < -0.3 is 10.6 Å². The molecule has 1 heterocycles. The third-order valence-electron chi connectivity index (χ3n) is 3.96. The summed E-state index contributed by atoms with van der Waals surface area (Å²) in [4.78, 5) is 25.5. The molecule has 1 fully saturated rings. The third-order valence-corrected chi connectivity index (χ3v) is 3.96. The number of primary amides is 1. The summed E-state index contributed by atoms with van der Waals surface area (Å²) in [6, 6.07) is 4.17. The Morgan fingerprint density at radius 3 is 2.65 bits per heavy atom. The van der Waals surface area contributed by atoms with Crippen molar-refractivity contribution in [2.45, 2.75) is 32.7 Å². The van der Waals surface area contributed by atoms with Crippen LogP contribution < -0.4 is 5.73 Å². The van der Waals surface area contributed by atoms with Gasteiger partial charge in [-0.15, -0.1) is 0 Å². The fourth-order valence-corrected chi connectivity index (χ4v) is 2.64. The number of aryl methyl sites for hydroxylation is 1. The Morgan fingerprint density at radius 1 is 1.35 bits per heavy atom. The Morgan fingerprint density at radius 2 is 2.05 bits per heavy atom.